The molecule has 0 aliphatic rings. The van der Waals surface area contributed by atoms with Gasteiger partial charge in [-0.15, -0.1) is 0 Å². The maximum Gasteiger partial charge on any atom is 0.339 e. The van der Waals surface area contributed by atoms with E-state index in [2.05, 4.69) is 0 Å². The number of furan rings is 1. The summed E-state index contributed by atoms with van der Waals surface area (Å²) < 4.78 is 36.0. The van der Waals surface area contributed by atoms with Gasteiger partial charge in [0.2, 0.25) is 0 Å². The van der Waals surface area contributed by atoms with E-state index in [0.717, 1.165) is 0 Å². The van der Waals surface area contributed by atoms with Crippen molar-refractivity contribution in [2.75, 3.05) is 13.2 Å². The van der Waals surface area contributed by atoms with Gasteiger partial charge >= 0.3 is 5.97 Å². The van der Waals surface area contributed by atoms with E-state index in [1.165, 1.54) is 30.7 Å². The molecular weight excluding hydrogens is 384 g/mol. The van der Waals surface area contributed by atoms with Crippen molar-refractivity contribution in [2.24, 2.45) is 0 Å². The van der Waals surface area contributed by atoms with E-state index >= 15 is 0 Å². The average molecular weight is 402 g/mol. The third-order valence-electron chi connectivity index (χ3n) is 4.08. The summed E-state index contributed by atoms with van der Waals surface area (Å²) in [6.07, 6.45) is 2.85. The van der Waals surface area contributed by atoms with Gasteiger partial charge in [-0.25, -0.2) is 13.2 Å². The van der Waals surface area contributed by atoms with Crippen LogP contribution in [0.4, 0.5) is 0 Å². The first-order valence-electron chi connectivity index (χ1n) is 8.37. The van der Waals surface area contributed by atoms with E-state index in [1.54, 1.807) is 30.3 Å². The molecule has 146 valence electrons. The van der Waals surface area contributed by atoms with Gasteiger partial charge in [0.25, 0.3) is 0 Å². The molecule has 3 aromatic rings. The number of ether oxygens (including phenoxy) is 1. The highest BCUT2D eigenvalue weighted by atomic mass is 32.2. The molecule has 0 bridgehead atoms. The van der Waals surface area contributed by atoms with Crippen molar-refractivity contribution in [3.63, 3.8) is 0 Å². The number of aliphatic hydroxyl groups is 1. The number of sulfone groups is 1. The van der Waals surface area contributed by atoms with Crippen LogP contribution in [0.15, 0.2) is 70.4 Å². The lowest BCUT2D eigenvalue weighted by molar-refractivity contribution is 0.0690. The number of carboxylic acid groups (broad SMARTS) is 1. The van der Waals surface area contributed by atoms with E-state index in [0.29, 0.717) is 11.1 Å². The number of carbonyl (C=O) groups is 1. The lowest BCUT2D eigenvalue weighted by Gasteiger charge is -2.16. The van der Waals surface area contributed by atoms with Gasteiger partial charge < -0.3 is 19.4 Å². The summed E-state index contributed by atoms with van der Waals surface area (Å²) in [4.78, 5) is 12.1. The van der Waals surface area contributed by atoms with Crippen LogP contribution in [0.1, 0.15) is 15.9 Å². The van der Waals surface area contributed by atoms with Crippen molar-refractivity contribution in [1.29, 1.82) is 0 Å². The highest BCUT2D eigenvalue weighted by molar-refractivity contribution is 7.90. The Morgan fingerprint density at radius 2 is 1.82 bits per heavy atom. The molecule has 1 aromatic heterocycles. The Morgan fingerprint density at radius 3 is 2.43 bits per heavy atom. The van der Waals surface area contributed by atoms with Crippen molar-refractivity contribution in [1.82, 2.24) is 0 Å². The fraction of sp³-hybridized carbons (Fsp3) is 0.150. The summed E-state index contributed by atoms with van der Waals surface area (Å²) in [5.41, 5.74) is 0.844. The van der Waals surface area contributed by atoms with Crippen molar-refractivity contribution < 1.29 is 32.6 Å². The van der Waals surface area contributed by atoms with Crippen molar-refractivity contribution in [3.05, 3.63) is 72.2 Å². The molecule has 0 unspecified atom stereocenters. The van der Waals surface area contributed by atoms with Gasteiger partial charge in [0, 0.05) is 11.1 Å². The van der Waals surface area contributed by atoms with E-state index in [-0.39, 0.29) is 35.0 Å². The summed E-state index contributed by atoms with van der Waals surface area (Å²) >= 11 is 0. The highest BCUT2D eigenvalue weighted by Gasteiger charge is 2.26. The fourth-order valence-corrected chi connectivity index (χ4v) is 4.23. The van der Waals surface area contributed by atoms with Crippen LogP contribution in [-0.2, 0) is 15.6 Å². The third kappa shape index (κ3) is 4.08. The van der Waals surface area contributed by atoms with E-state index in [4.69, 9.17) is 14.3 Å². The Kier molecular flexibility index (Phi) is 5.81. The molecular formula is C20H18O7S. The van der Waals surface area contributed by atoms with Crippen molar-refractivity contribution in [2.45, 2.75) is 10.6 Å². The molecule has 8 heteroatoms. The first-order valence-corrected chi connectivity index (χ1v) is 10.0. The van der Waals surface area contributed by atoms with Gasteiger partial charge in [0.15, 0.2) is 9.84 Å². The Hall–Kier alpha value is -3.10. The first kappa shape index (κ1) is 19.7. The molecule has 0 radical (unpaired) electrons. The normalized spacial score (nSPS) is 11.3. The maximum absolute atomic E-state index is 12.7. The minimum atomic E-state index is -3.76. The predicted molar refractivity (Wildman–Crippen MR) is 101 cm³/mol. The van der Waals surface area contributed by atoms with Crippen molar-refractivity contribution >= 4 is 15.8 Å². The largest absolute Gasteiger partial charge is 0.490 e. The zero-order chi connectivity index (χ0) is 20.1. The van der Waals surface area contributed by atoms with Crippen LogP contribution in [0, 0.1) is 0 Å². The molecule has 7 nitrogen and oxygen atoms in total. The van der Waals surface area contributed by atoms with Crippen LogP contribution in [0.5, 0.6) is 5.75 Å². The molecule has 0 saturated carbocycles. The second-order valence-corrected chi connectivity index (χ2v) is 7.93. The molecule has 3 rings (SSSR count). The number of hydrogen-bond acceptors (Lipinski definition) is 6. The molecule has 28 heavy (non-hydrogen) atoms. The molecule has 0 spiro atoms. The van der Waals surface area contributed by atoms with Crippen LogP contribution >= 0.6 is 0 Å². The second kappa shape index (κ2) is 8.28. The molecule has 2 aromatic carbocycles. The predicted octanol–water partition coefficient (Wildman–Crippen LogP) is 2.99. The minimum Gasteiger partial charge on any atom is -0.490 e. The highest BCUT2D eigenvalue weighted by Crippen LogP contribution is 2.37. The number of rotatable bonds is 8. The Bertz CT molecular complexity index is 1060. The SMILES string of the molecule is O=C(O)c1c(CS(=O)(=O)c2ccccc2)ccc(-c2ccoc2)c1OCCO. The summed E-state index contributed by atoms with van der Waals surface area (Å²) in [5.74, 6) is -1.83. The number of carboxylic acids is 1. The lowest BCUT2D eigenvalue weighted by atomic mass is 9.99. The Morgan fingerprint density at radius 1 is 1.07 bits per heavy atom. The van der Waals surface area contributed by atoms with E-state index < -0.39 is 21.6 Å². The van der Waals surface area contributed by atoms with Crippen LogP contribution < -0.4 is 4.74 Å². The van der Waals surface area contributed by atoms with Gasteiger partial charge in [-0.3, -0.25) is 0 Å². The third-order valence-corrected chi connectivity index (χ3v) is 5.76. The number of hydrogen-bond donors (Lipinski definition) is 2. The van der Waals surface area contributed by atoms with Gasteiger partial charge in [0.1, 0.15) is 17.9 Å². The standard InChI is InChI=1S/C20H18O7S/c21-9-11-27-19-17(14-8-10-26-12-14)7-6-15(18(19)20(22)23)13-28(24,25)16-4-2-1-3-5-16/h1-8,10,12,21H,9,11,13H2,(H,22,23). The average Bonchev–Trinajstić information content (AvgIpc) is 3.21. The monoisotopic (exact) mass is 402 g/mol. The van der Waals surface area contributed by atoms with E-state index in [9.17, 15) is 18.3 Å². The molecule has 0 amide bonds. The minimum absolute atomic E-state index is 0.0105. The lowest BCUT2D eigenvalue weighted by Crippen LogP contribution is -2.14. The zero-order valence-corrected chi connectivity index (χ0v) is 15.6. The number of aromatic carboxylic acids is 1. The topological polar surface area (TPSA) is 114 Å². The van der Waals surface area contributed by atoms with Crippen molar-refractivity contribution in [3.8, 4) is 16.9 Å². The molecule has 0 aliphatic heterocycles. The van der Waals surface area contributed by atoms with Crippen LogP contribution in [-0.4, -0.2) is 37.8 Å². The summed E-state index contributed by atoms with van der Waals surface area (Å²) in [6, 6.07) is 12.5. The van der Waals surface area contributed by atoms with Gasteiger partial charge in [-0.2, -0.15) is 0 Å². The quantitative estimate of drug-likeness (QED) is 0.595. The number of aliphatic hydroxyl groups excluding tert-OH is 1. The van der Waals surface area contributed by atoms with Crippen LogP contribution in [0.3, 0.4) is 0 Å². The second-order valence-electron chi connectivity index (χ2n) is 5.94. The zero-order valence-electron chi connectivity index (χ0n) is 14.7. The molecule has 1 heterocycles. The van der Waals surface area contributed by atoms with Crippen LogP contribution in [0.2, 0.25) is 0 Å². The summed E-state index contributed by atoms with van der Waals surface area (Å²) in [5, 5.41) is 18.9. The van der Waals surface area contributed by atoms with E-state index in [1.807, 2.05) is 0 Å². The smallest absolute Gasteiger partial charge is 0.339 e. The number of benzene rings is 2. The molecule has 0 saturated heterocycles. The molecule has 0 atom stereocenters. The fourth-order valence-electron chi connectivity index (χ4n) is 2.84. The van der Waals surface area contributed by atoms with Gasteiger partial charge in [-0.1, -0.05) is 30.3 Å². The molecule has 0 aliphatic carbocycles. The maximum atomic E-state index is 12.7. The van der Waals surface area contributed by atoms with Gasteiger partial charge in [-0.05, 0) is 23.8 Å². The Labute approximate surface area is 161 Å². The first-order chi connectivity index (χ1) is 13.4. The Balaban J connectivity index is 2.13. The molecule has 2 N–H and O–H groups in total. The van der Waals surface area contributed by atoms with Gasteiger partial charge in [0.05, 0.1) is 29.8 Å². The molecule has 0 fully saturated rings. The summed E-state index contributed by atoms with van der Waals surface area (Å²) in [7, 11) is -3.76. The summed E-state index contributed by atoms with van der Waals surface area (Å²) in [6.45, 7) is -0.462. The van der Waals surface area contributed by atoms with Crippen LogP contribution in [0.25, 0.3) is 11.1 Å².